The first-order valence-corrected chi connectivity index (χ1v) is 6.75. The fourth-order valence-corrected chi connectivity index (χ4v) is 1.45. The molecule has 0 aliphatic heterocycles. The van der Waals surface area contributed by atoms with Crippen molar-refractivity contribution in [3.63, 3.8) is 0 Å². The zero-order valence-electron chi connectivity index (χ0n) is 12.1. The highest BCUT2D eigenvalue weighted by Gasteiger charge is 2.16. The molecule has 0 saturated carbocycles. The zero-order valence-corrected chi connectivity index (χ0v) is 12.1. The van der Waals surface area contributed by atoms with Crippen LogP contribution in [0.4, 0.5) is 0 Å². The summed E-state index contributed by atoms with van der Waals surface area (Å²) < 4.78 is 5.47. The lowest BCUT2D eigenvalue weighted by Crippen LogP contribution is -2.22. The number of ether oxygens (including phenoxy) is 1. The summed E-state index contributed by atoms with van der Waals surface area (Å²) in [5, 5.41) is 0. The van der Waals surface area contributed by atoms with Gasteiger partial charge in [-0.05, 0) is 18.1 Å². The van der Waals surface area contributed by atoms with Crippen molar-refractivity contribution in [3.8, 4) is 11.8 Å². The summed E-state index contributed by atoms with van der Waals surface area (Å²) in [5.41, 5.74) is 0.568. The highest BCUT2D eigenvalue weighted by molar-refractivity contribution is 5.89. The molecule has 0 heterocycles. The van der Waals surface area contributed by atoms with Crippen LogP contribution in [-0.2, 0) is 4.74 Å². The first kappa shape index (κ1) is 15.3. The summed E-state index contributed by atoms with van der Waals surface area (Å²) >= 11 is 0. The molecule has 0 aliphatic rings. The summed E-state index contributed by atoms with van der Waals surface area (Å²) in [5.74, 6) is 6.57. The first-order valence-electron chi connectivity index (χ1n) is 6.75. The molecule has 1 aromatic carbocycles. The van der Waals surface area contributed by atoms with Crippen molar-refractivity contribution in [2.24, 2.45) is 11.8 Å². The number of benzene rings is 1. The Bertz CT molecular complexity index is 449. The average molecular weight is 258 g/mol. The van der Waals surface area contributed by atoms with Crippen LogP contribution in [0.2, 0.25) is 0 Å². The standard InChI is InChI=1S/C17H22O2/c1-13(2)9-8-12-16(14(3)4)19-17(18)15-10-6-5-7-11-15/h5-7,10-11,13-14,16H,9H2,1-4H3/t16-/m0/s1. The van der Waals surface area contributed by atoms with E-state index >= 15 is 0 Å². The molecule has 0 spiro atoms. The molecule has 0 radical (unpaired) electrons. The van der Waals surface area contributed by atoms with E-state index in [4.69, 9.17) is 4.74 Å². The lowest BCUT2D eigenvalue weighted by Gasteiger charge is -2.16. The Morgan fingerprint density at radius 2 is 1.79 bits per heavy atom. The Hall–Kier alpha value is -1.75. The van der Waals surface area contributed by atoms with E-state index in [1.54, 1.807) is 12.1 Å². The molecule has 1 aromatic rings. The highest BCUT2D eigenvalue weighted by atomic mass is 16.5. The second kappa shape index (κ2) is 7.63. The van der Waals surface area contributed by atoms with Gasteiger partial charge in [-0.1, -0.05) is 57.7 Å². The number of esters is 1. The van der Waals surface area contributed by atoms with E-state index in [0.717, 1.165) is 6.42 Å². The molecule has 0 fully saturated rings. The predicted octanol–water partition coefficient (Wildman–Crippen LogP) is 3.92. The topological polar surface area (TPSA) is 26.3 Å². The van der Waals surface area contributed by atoms with Crippen molar-refractivity contribution >= 4 is 5.97 Å². The minimum Gasteiger partial charge on any atom is -0.445 e. The van der Waals surface area contributed by atoms with Crippen LogP contribution in [-0.4, -0.2) is 12.1 Å². The van der Waals surface area contributed by atoms with Gasteiger partial charge in [0.05, 0.1) is 5.56 Å². The van der Waals surface area contributed by atoms with Gasteiger partial charge in [0.25, 0.3) is 0 Å². The van der Waals surface area contributed by atoms with Crippen molar-refractivity contribution in [2.45, 2.75) is 40.2 Å². The Labute approximate surface area is 116 Å². The monoisotopic (exact) mass is 258 g/mol. The van der Waals surface area contributed by atoms with Crippen molar-refractivity contribution in [3.05, 3.63) is 35.9 Å². The summed E-state index contributed by atoms with van der Waals surface area (Å²) in [4.78, 5) is 12.0. The molecule has 0 bridgehead atoms. The number of carbonyl (C=O) groups is 1. The Morgan fingerprint density at radius 3 is 2.32 bits per heavy atom. The van der Waals surface area contributed by atoms with Gasteiger partial charge in [0.1, 0.15) is 0 Å². The van der Waals surface area contributed by atoms with Crippen LogP contribution in [0.5, 0.6) is 0 Å². The van der Waals surface area contributed by atoms with Crippen LogP contribution in [0.15, 0.2) is 30.3 Å². The van der Waals surface area contributed by atoms with E-state index < -0.39 is 0 Å². The van der Waals surface area contributed by atoms with Gasteiger partial charge in [0.2, 0.25) is 0 Å². The van der Waals surface area contributed by atoms with Gasteiger partial charge in [-0.25, -0.2) is 4.79 Å². The van der Waals surface area contributed by atoms with E-state index in [-0.39, 0.29) is 18.0 Å². The number of hydrogen-bond acceptors (Lipinski definition) is 2. The van der Waals surface area contributed by atoms with E-state index in [1.165, 1.54) is 0 Å². The highest BCUT2D eigenvalue weighted by Crippen LogP contribution is 2.10. The predicted molar refractivity (Wildman–Crippen MR) is 77.7 cm³/mol. The molecule has 0 saturated heterocycles. The van der Waals surface area contributed by atoms with Crippen LogP contribution >= 0.6 is 0 Å². The normalized spacial score (nSPS) is 11.9. The van der Waals surface area contributed by atoms with Gasteiger partial charge in [-0.2, -0.15) is 0 Å². The Morgan fingerprint density at radius 1 is 1.16 bits per heavy atom. The van der Waals surface area contributed by atoms with Crippen LogP contribution in [0.1, 0.15) is 44.5 Å². The summed E-state index contributed by atoms with van der Waals surface area (Å²) in [6.45, 7) is 8.25. The average Bonchev–Trinajstić information content (AvgIpc) is 2.37. The smallest absolute Gasteiger partial charge is 0.339 e. The van der Waals surface area contributed by atoms with E-state index in [0.29, 0.717) is 11.5 Å². The minimum atomic E-state index is -0.341. The fraction of sp³-hybridized carbons (Fsp3) is 0.471. The molecule has 19 heavy (non-hydrogen) atoms. The second-order valence-corrected chi connectivity index (χ2v) is 5.36. The number of hydrogen-bond donors (Lipinski definition) is 0. The second-order valence-electron chi connectivity index (χ2n) is 5.36. The van der Waals surface area contributed by atoms with Gasteiger partial charge in [-0.3, -0.25) is 0 Å². The first-order chi connectivity index (χ1) is 9.00. The van der Waals surface area contributed by atoms with E-state index in [2.05, 4.69) is 25.7 Å². The third kappa shape index (κ3) is 5.61. The quantitative estimate of drug-likeness (QED) is 0.604. The molecule has 1 rings (SSSR count). The van der Waals surface area contributed by atoms with E-state index in [1.807, 2.05) is 32.0 Å². The largest absolute Gasteiger partial charge is 0.445 e. The van der Waals surface area contributed by atoms with Gasteiger partial charge >= 0.3 is 5.97 Å². The maximum absolute atomic E-state index is 12.0. The van der Waals surface area contributed by atoms with E-state index in [9.17, 15) is 4.79 Å². The van der Waals surface area contributed by atoms with Crippen molar-refractivity contribution in [2.75, 3.05) is 0 Å². The van der Waals surface area contributed by atoms with Gasteiger partial charge in [0.15, 0.2) is 6.10 Å². The maximum Gasteiger partial charge on any atom is 0.339 e. The lowest BCUT2D eigenvalue weighted by molar-refractivity contribution is 0.0329. The SMILES string of the molecule is CC(C)CC#C[C@H](OC(=O)c1ccccc1)C(C)C. The Balaban J connectivity index is 2.68. The molecular weight excluding hydrogens is 236 g/mol. The van der Waals surface area contributed by atoms with Crippen LogP contribution in [0.3, 0.4) is 0 Å². The zero-order chi connectivity index (χ0) is 14.3. The van der Waals surface area contributed by atoms with Gasteiger partial charge < -0.3 is 4.74 Å². The maximum atomic E-state index is 12.0. The third-order valence-electron chi connectivity index (χ3n) is 2.60. The molecular formula is C17H22O2. The molecule has 0 unspecified atom stereocenters. The Kier molecular flexibility index (Phi) is 6.15. The molecule has 2 heteroatoms. The van der Waals surface area contributed by atoms with Crippen molar-refractivity contribution in [1.82, 2.24) is 0 Å². The van der Waals surface area contributed by atoms with Crippen LogP contribution in [0, 0.1) is 23.7 Å². The summed E-state index contributed by atoms with van der Waals surface area (Å²) in [6, 6.07) is 9.03. The third-order valence-corrected chi connectivity index (χ3v) is 2.60. The molecule has 0 amide bonds. The summed E-state index contributed by atoms with van der Waals surface area (Å²) in [7, 11) is 0. The molecule has 0 aliphatic carbocycles. The molecule has 0 aromatic heterocycles. The molecule has 0 N–H and O–H groups in total. The minimum absolute atomic E-state index is 0.187. The summed E-state index contributed by atoms with van der Waals surface area (Å²) in [6.07, 6.45) is 0.484. The van der Waals surface area contributed by atoms with Gasteiger partial charge in [-0.15, -0.1) is 0 Å². The van der Waals surface area contributed by atoms with Crippen molar-refractivity contribution in [1.29, 1.82) is 0 Å². The fourth-order valence-electron chi connectivity index (χ4n) is 1.45. The van der Waals surface area contributed by atoms with Crippen LogP contribution < -0.4 is 0 Å². The lowest BCUT2D eigenvalue weighted by atomic mass is 10.1. The van der Waals surface area contributed by atoms with Crippen molar-refractivity contribution < 1.29 is 9.53 Å². The number of rotatable bonds is 4. The molecule has 102 valence electrons. The molecule has 1 atom stereocenters. The van der Waals surface area contributed by atoms with Crippen LogP contribution in [0.25, 0.3) is 0 Å². The molecule has 2 nitrogen and oxygen atoms in total. The van der Waals surface area contributed by atoms with Gasteiger partial charge in [0, 0.05) is 12.3 Å². The number of carbonyl (C=O) groups excluding carboxylic acids is 1.